The summed E-state index contributed by atoms with van der Waals surface area (Å²) in [5.74, 6) is 1.34. The second kappa shape index (κ2) is 8.94. The highest BCUT2D eigenvalue weighted by Crippen LogP contribution is 2.11. The van der Waals surface area contributed by atoms with Gasteiger partial charge in [-0.3, -0.25) is 0 Å². The van der Waals surface area contributed by atoms with Crippen LogP contribution in [-0.2, 0) is 4.74 Å². The summed E-state index contributed by atoms with van der Waals surface area (Å²) < 4.78 is 10.4. The van der Waals surface area contributed by atoms with Crippen LogP contribution in [0.4, 0.5) is 5.82 Å². The Morgan fingerprint density at radius 1 is 1.44 bits per heavy atom. The Morgan fingerprint density at radius 3 is 3.00 bits per heavy atom. The molecule has 0 aliphatic heterocycles. The van der Waals surface area contributed by atoms with E-state index in [9.17, 15) is 0 Å². The number of hydrogen-bond acceptors (Lipinski definition) is 5. The molecule has 5 nitrogen and oxygen atoms in total. The van der Waals surface area contributed by atoms with Gasteiger partial charge in [0.2, 0.25) is 5.88 Å². The first-order valence-electron chi connectivity index (χ1n) is 6.08. The average molecular weight is 274 g/mol. The number of anilines is 1. The summed E-state index contributed by atoms with van der Waals surface area (Å²) in [6.45, 7) is 4.00. The first-order valence-corrected chi connectivity index (χ1v) is 6.51. The lowest BCUT2D eigenvalue weighted by molar-refractivity contribution is 0.196. The van der Waals surface area contributed by atoms with Gasteiger partial charge in [-0.2, -0.15) is 0 Å². The highest BCUT2D eigenvalue weighted by Gasteiger charge is 2.04. The molecule has 1 aromatic heterocycles. The lowest BCUT2D eigenvalue weighted by Gasteiger charge is -2.10. The summed E-state index contributed by atoms with van der Waals surface area (Å²) >= 11 is 6.02. The van der Waals surface area contributed by atoms with Crippen molar-refractivity contribution in [2.45, 2.75) is 25.1 Å². The molecule has 1 N–H and O–H groups in total. The Morgan fingerprint density at radius 2 is 2.28 bits per heavy atom. The van der Waals surface area contributed by atoms with Crippen LogP contribution in [-0.4, -0.2) is 42.2 Å². The van der Waals surface area contributed by atoms with Crippen LogP contribution in [0.5, 0.6) is 5.88 Å². The molecule has 0 saturated heterocycles. The van der Waals surface area contributed by atoms with Crippen LogP contribution in [0.15, 0.2) is 12.4 Å². The SMILES string of the molecule is CCCOc1cc(NCCC(Cl)COC)ncn1. The van der Waals surface area contributed by atoms with Crippen LogP contribution in [0.3, 0.4) is 0 Å². The molecule has 1 aromatic rings. The third-order valence-electron chi connectivity index (χ3n) is 2.21. The largest absolute Gasteiger partial charge is 0.478 e. The highest BCUT2D eigenvalue weighted by atomic mass is 35.5. The van der Waals surface area contributed by atoms with E-state index < -0.39 is 0 Å². The predicted octanol–water partition coefficient (Wildman–Crippen LogP) is 2.32. The zero-order valence-corrected chi connectivity index (χ0v) is 11.6. The van der Waals surface area contributed by atoms with Crippen molar-refractivity contribution in [1.82, 2.24) is 9.97 Å². The number of alkyl halides is 1. The van der Waals surface area contributed by atoms with Gasteiger partial charge in [0.1, 0.15) is 12.1 Å². The first-order chi connectivity index (χ1) is 8.76. The molecule has 1 unspecified atom stereocenters. The number of hydrogen-bond donors (Lipinski definition) is 1. The van der Waals surface area contributed by atoms with Crippen molar-refractivity contribution < 1.29 is 9.47 Å². The van der Waals surface area contributed by atoms with E-state index >= 15 is 0 Å². The monoisotopic (exact) mass is 273 g/mol. The maximum Gasteiger partial charge on any atom is 0.218 e. The van der Waals surface area contributed by atoms with E-state index in [0.29, 0.717) is 19.1 Å². The van der Waals surface area contributed by atoms with Crippen molar-refractivity contribution in [3.8, 4) is 5.88 Å². The molecule has 0 aromatic carbocycles. The fraction of sp³-hybridized carbons (Fsp3) is 0.667. The minimum atomic E-state index is 0.0140. The number of halogens is 1. The topological polar surface area (TPSA) is 56.3 Å². The van der Waals surface area contributed by atoms with E-state index in [4.69, 9.17) is 21.1 Å². The van der Waals surface area contributed by atoms with Crippen molar-refractivity contribution in [2.24, 2.45) is 0 Å². The van der Waals surface area contributed by atoms with E-state index in [0.717, 1.165) is 25.2 Å². The summed E-state index contributed by atoms with van der Waals surface area (Å²) in [5, 5.41) is 3.19. The number of methoxy groups -OCH3 is 1. The molecule has 0 saturated carbocycles. The van der Waals surface area contributed by atoms with Gasteiger partial charge >= 0.3 is 0 Å². The lowest BCUT2D eigenvalue weighted by Crippen LogP contribution is -2.14. The Kier molecular flexibility index (Phi) is 7.44. The highest BCUT2D eigenvalue weighted by molar-refractivity contribution is 6.20. The molecule has 0 bridgehead atoms. The van der Waals surface area contributed by atoms with Gasteiger partial charge in [-0.1, -0.05) is 6.92 Å². The molecular weight excluding hydrogens is 254 g/mol. The molecule has 6 heteroatoms. The van der Waals surface area contributed by atoms with Crippen LogP contribution in [0.1, 0.15) is 19.8 Å². The number of ether oxygens (including phenoxy) is 2. The first kappa shape index (κ1) is 15.0. The van der Waals surface area contributed by atoms with Crippen LogP contribution >= 0.6 is 11.6 Å². The molecule has 18 heavy (non-hydrogen) atoms. The molecule has 102 valence electrons. The van der Waals surface area contributed by atoms with Gasteiger partial charge in [0.15, 0.2) is 0 Å². The summed E-state index contributed by atoms with van der Waals surface area (Å²) in [4.78, 5) is 8.14. The van der Waals surface area contributed by atoms with Gasteiger partial charge < -0.3 is 14.8 Å². The molecule has 0 spiro atoms. The fourth-order valence-corrected chi connectivity index (χ4v) is 1.58. The van der Waals surface area contributed by atoms with Crippen molar-refractivity contribution in [3.63, 3.8) is 0 Å². The Labute approximate surface area is 113 Å². The maximum absolute atomic E-state index is 6.02. The molecular formula is C12H20ClN3O2. The lowest BCUT2D eigenvalue weighted by atomic mass is 10.3. The van der Waals surface area contributed by atoms with Gasteiger partial charge in [0.25, 0.3) is 0 Å². The van der Waals surface area contributed by atoms with Crippen LogP contribution < -0.4 is 10.1 Å². The van der Waals surface area contributed by atoms with E-state index in [2.05, 4.69) is 22.2 Å². The quantitative estimate of drug-likeness (QED) is 0.700. The number of aromatic nitrogens is 2. The zero-order valence-electron chi connectivity index (χ0n) is 10.9. The van der Waals surface area contributed by atoms with Crippen molar-refractivity contribution in [1.29, 1.82) is 0 Å². The van der Waals surface area contributed by atoms with Crippen molar-refractivity contribution in [3.05, 3.63) is 12.4 Å². The molecule has 0 aliphatic rings. The number of nitrogens with one attached hydrogen (secondary N) is 1. The number of rotatable bonds is 9. The summed E-state index contributed by atoms with van der Waals surface area (Å²) in [6.07, 6.45) is 3.25. The molecule has 0 amide bonds. The van der Waals surface area contributed by atoms with Gasteiger partial charge in [-0.05, 0) is 12.8 Å². The van der Waals surface area contributed by atoms with Gasteiger partial charge in [-0.15, -0.1) is 11.6 Å². The van der Waals surface area contributed by atoms with Crippen LogP contribution in [0.2, 0.25) is 0 Å². The Bertz CT molecular complexity index is 339. The van der Waals surface area contributed by atoms with E-state index in [1.54, 1.807) is 13.2 Å². The smallest absolute Gasteiger partial charge is 0.218 e. The third kappa shape index (κ3) is 6.02. The zero-order chi connectivity index (χ0) is 13.2. The second-order valence-electron chi connectivity index (χ2n) is 3.86. The average Bonchev–Trinajstić information content (AvgIpc) is 2.37. The second-order valence-corrected chi connectivity index (χ2v) is 4.48. The summed E-state index contributed by atoms with van der Waals surface area (Å²) in [6, 6.07) is 1.79. The summed E-state index contributed by atoms with van der Waals surface area (Å²) in [7, 11) is 1.64. The van der Waals surface area contributed by atoms with Crippen molar-refractivity contribution in [2.75, 3.05) is 32.2 Å². The normalized spacial score (nSPS) is 12.2. The van der Waals surface area contributed by atoms with Gasteiger partial charge in [0, 0.05) is 19.7 Å². The van der Waals surface area contributed by atoms with Gasteiger partial charge in [-0.25, -0.2) is 9.97 Å². The van der Waals surface area contributed by atoms with E-state index in [1.165, 1.54) is 6.33 Å². The molecule has 0 fully saturated rings. The minimum absolute atomic E-state index is 0.0140. The molecule has 1 atom stereocenters. The minimum Gasteiger partial charge on any atom is -0.478 e. The molecule has 0 aliphatic carbocycles. The number of nitrogens with zero attached hydrogens (tertiary/aromatic N) is 2. The van der Waals surface area contributed by atoms with E-state index in [1.807, 2.05) is 0 Å². The standard InChI is InChI=1S/C12H20ClN3O2/c1-3-6-18-12-7-11(15-9-16-12)14-5-4-10(13)8-17-2/h7,9-10H,3-6,8H2,1-2H3,(H,14,15,16). The van der Waals surface area contributed by atoms with Gasteiger partial charge in [0.05, 0.1) is 18.6 Å². The maximum atomic E-state index is 6.02. The Hall–Kier alpha value is -1.07. The van der Waals surface area contributed by atoms with Crippen LogP contribution in [0.25, 0.3) is 0 Å². The third-order valence-corrected chi connectivity index (χ3v) is 2.55. The van der Waals surface area contributed by atoms with E-state index in [-0.39, 0.29) is 5.38 Å². The van der Waals surface area contributed by atoms with Crippen molar-refractivity contribution >= 4 is 17.4 Å². The molecule has 1 heterocycles. The fourth-order valence-electron chi connectivity index (χ4n) is 1.34. The Balaban J connectivity index is 2.33. The molecule has 1 rings (SSSR count). The molecule has 0 radical (unpaired) electrons. The summed E-state index contributed by atoms with van der Waals surface area (Å²) in [5.41, 5.74) is 0. The van der Waals surface area contributed by atoms with Crippen LogP contribution in [0, 0.1) is 0 Å². The predicted molar refractivity (Wildman–Crippen MR) is 72.4 cm³/mol.